The largest absolute Gasteiger partial charge is 0.298 e. The Kier molecular flexibility index (Phi) is 2.13. The number of rotatable bonds is 3. The average Bonchev–Trinajstić information content (AvgIpc) is 2.97. The van der Waals surface area contributed by atoms with E-state index in [2.05, 4.69) is 0 Å². The van der Waals surface area contributed by atoms with Crippen molar-refractivity contribution in [1.29, 1.82) is 0 Å². The standard InChI is InChI=1S/C11H11FO/c12-6-10-5-11(10)9-3-1-8(7-13)2-4-9/h1-4,7,10-11H,5-6H2. The lowest BCUT2D eigenvalue weighted by Gasteiger charge is -1.98. The zero-order valence-corrected chi connectivity index (χ0v) is 7.24. The summed E-state index contributed by atoms with van der Waals surface area (Å²) in [6.07, 6.45) is 1.78. The minimum Gasteiger partial charge on any atom is -0.298 e. The van der Waals surface area contributed by atoms with Crippen molar-refractivity contribution in [2.24, 2.45) is 5.92 Å². The van der Waals surface area contributed by atoms with Crippen molar-refractivity contribution in [3.8, 4) is 0 Å². The Morgan fingerprint density at radius 3 is 2.54 bits per heavy atom. The van der Waals surface area contributed by atoms with E-state index in [4.69, 9.17) is 0 Å². The van der Waals surface area contributed by atoms with Gasteiger partial charge in [0.25, 0.3) is 0 Å². The van der Waals surface area contributed by atoms with Crippen LogP contribution in [0.2, 0.25) is 0 Å². The van der Waals surface area contributed by atoms with Gasteiger partial charge in [0.15, 0.2) is 0 Å². The van der Waals surface area contributed by atoms with Crippen LogP contribution in [0, 0.1) is 5.92 Å². The first-order chi connectivity index (χ1) is 6.35. The SMILES string of the molecule is O=Cc1ccc(C2CC2CF)cc1. The molecule has 0 aliphatic heterocycles. The van der Waals surface area contributed by atoms with Gasteiger partial charge in [-0.15, -0.1) is 0 Å². The number of carbonyl (C=O) groups is 1. The van der Waals surface area contributed by atoms with Crippen LogP contribution in [0.4, 0.5) is 4.39 Å². The third-order valence-corrected chi connectivity index (χ3v) is 2.62. The summed E-state index contributed by atoms with van der Waals surface area (Å²) in [4.78, 5) is 10.4. The molecule has 0 N–H and O–H groups in total. The predicted octanol–water partition coefficient (Wildman–Crippen LogP) is 2.57. The minimum atomic E-state index is -0.222. The highest BCUT2D eigenvalue weighted by Gasteiger charge is 2.37. The van der Waals surface area contributed by atoms with E-state index >= 15 is 0 Å². The maximum absolute atomic E-state index is 12.2. The number of hydrogen-bond acceptors (Lipinski definition) is 1. The summed E-state index contributed by atoms with van der Waals surface area (Å²) < 4.78 is 12.2. The Morgan fingerprint density at radius 2 is 2.08 bits per heavy atom. The lowest BCUT2D eigenvalue weighted by molar-refractivity contribution is 0.112. The van der Waals surface area contributed by atoms with Gasteiger partial charge in [0.05, 0.1) is 6.67 Å². The Bertz CT molecular complexity index is 304. The van der Waals surface area contributed by atoms with Gasteiger partial charge in [-0.1, -0.05) is 24.3 Å². The molecule has 2 rings (SSSR count). The maximum Gasteiger partial charge on any atom is 0.150 e. The van der Waals surface area contributed by atoms with Gasteiger partial charge < -0.3 is 0 Å². The third kappa shape index (κ3) is 1.62. The first kappa shape index (κ1) is 8.42. The van der Waals surface area contributed by atoms with Crippen LogP contribution in [0.25, 0.3) is 0 Å². The number of hydrogen-bond donors (Lipinski definition) is 0. The molecule has 1 aliphatic rings. The molecule has 0 saturated heterocycles. The van der Waals surface area contributed by atoms with Crippen LogP contribution in [-0.2, 0) is 0 Å². The molecule has 1 nitrogen and oxygen atoms in total. The molecule has 0 bridgehead atoms. The Labute approximate surface area is 76.6 Å². The van der Waals surface area contributed by atoms with Gasteiger partial charge in [0.2, 0.25) is 0 Å². The van der Waals surface area contributed by atoms with Crippen LogP contribution in [0.15, 0.2) is 24.3 Å². The molecular formula is C11H11FO. The number of benzene rings is 1. The molecule has 1 aromatic rings. The normalized spacial score (nSPS) is 25.6. The third-order valence-electron chi connectivity index (χ3n) is 2.62. The molecule has 0 spiro atoms. The van der Waals surface area contributed by atoms with Gasteiger partial charge in [-0.05, 0) is 23.8 Å². The number of alkyl halides is 1. The van der Waals surface area contributed by atoms with E-state index in [-0.39, 0.29) is 12.6 Å². The molecule has 1 aromatic carbocycles. The molecular weight excluding hydrogens is 167 g/mol. The van der Waals surface area contributed by atoms with Gasteiger partial charge in [0.1, 0.15) is 6.29 Å². The van der Waals surface area contributed by atoms with Crippen molar-refractivity contribution in [3.05, 3.63) is 35.4 Å². The smallest absolute Gasteiger partial charge is 0.150 e. The number of aldehydes is 1. The second-order valence-corrected chi connectivity index (χ2v) is 3.54. The van der Waals surface area contributed by atoms with Gasteiger partial charge >= 0.3 is 0 Å². The van der Waals surface area contributed by atoms with Gasteiger partial charge in [-0.25, -0.2) is 0 Å². The van der Waals surface area contributed by atoms with Crippen LogP contribution < -0.4 is 0 Å². The van der Waals surface area contributed by atoms with Crippen LogP contribution in [0.5, 0.6) is 0 Å². The molecule has 68 valence electrons. The van der Waals surface area contributed by atoms with Crippen LogP contribution in [0.3, 0.4) is 0 Å². The Balaban J connectivity index is 2.11. The van der Waals surface area contributed by atoms with Gasteiger partial charge in [-0.3, -0.25) is 9.18 Å². The zero-order chi connectivity index (χ0) is 9.26. The van der Waals surface area contributed by atoms with E-state index < -0.39 is 0 Å². The van der Waals surface area contributed by atoms with E-state index in [1.165, 1.54) is 0 Å². The molecule has 2 heteroatoms. The average molecular weight is 178 g/mol. The van der Waals surface area contributed by atoms with Gasteiger partial charge in [0, 0.05) is 5.56 Å². The molecule has 0 radical (unpaired) electrons. The second kappa shape index (κ2) is 3.29. The summed E-state index contributed by atoms with van der Waals surface area (Å²) in [5, 5.41) is 0. The summed E-state index contributed by atoms with van der Waals surface area (Å²) in [5.74, 6) is 0.618. The molecule has 2 unspecified atom stereocenters. The summed E-state index contributed by atoms with van der Waals surface area (Å²) in [6.45, 7) is -0.222. The number of halogens is 1. The predicted molar refractivity (Wildman–Crippen MR) is 48.7 cm³/mol. The maximum atomic E-state index is 12.2. The van der Waals surface area contributed by atoms with Crippen molar-refractivity contribution in [2.75, 3.05) is 6.67 Å². The van der Waals surface area contributed by atoms with E-state index in [1.807, 2.05) is 12.1 Å². The first-order valence-electron chi connectivity index (χ1n) is 4.46. The lowest BCUT2D eigenvalue weighted by atomic mass is 10.1. The molecule has 1 fully saturated rings. The van der Waals surface area contributed by atoms with E-state index in [9.17, 15) is 9.18 Å². The quantitative estimate of drug-likeness (QED) is 0.650. The van der Waals surface area contributed by atoms with Gasteiger partial charge in [-0.2, -0.15) is 0 Å². The fourth-order valence-corrected chi connectivity index (χ4v) is 1.65. The Morgan fingerprint density at radius 1 is 1.38 bits per heavy atom. The summed E-state index contributed by atoms with van der Waals surface area (Å²) >= 11 is 0. The van der Waals surface area contributed by atoms with E-state index in [0.29, 0.717) is 11.5 Å². The Hall–Kier alpha value is -1.18. The van der Waals surface area contributed by atoms with Crippen molar-refractivity contribution in [3.63, 3.8) is 0 Å². The van der Waals surface area contributed by atoms with Crippen LogP contribution in [0.1, 0.15) is 28.3 Å². The fraction of sp³-hybridized carbons (Fsp3) is 0.364. The zero-order valence-electron chi connectivity index (χ0n) is 7.24. The van der Waals surface area contributed by atoms with Crippen molar-refractivity contribution in [2.45, 2.75) is 12.3 Å². The van der Waals surface area contributed by atoms with Crippen molar-refractivity contribution < 1.29 is 9.18 Å². The molecule has 1 aliphatic carbocycles. The molecule has 2 atom stereocenters. The summed E-state index contributed by atoms with van der Waals surface area (Å²) in [6, 6.07) is 7.42. The molecule has 1 saturated carbocycles. The first-order valence-corrected chi connectivity index (χ1v) is 4.46. The minimum absolute atomic E-state index is 0.222. The van der Waals surface area contributed by atoms with E-state index in [1.54, 1.807) is 12.1 Å². The highest BCUT2D eigenvalue weighted by molar-refractivity contribution is 5.74. The number of carbonyl (C=O) groups excluding carboxylic acids is 1. The monoisotopic (exact) mass is 178 g/mol. The second-order valence-electron chi connectivity index (χ2n) is 3.54. The molecule has 13 heavy (non-hydrogen) atoms. The van der Waals surface area contributed by atoms with Crippen molar-refractivity contribution in [1.82, 2.24) is 0 Å². The van der Waals surface area contributed by atoms with E-state index in [0.717, 1.165) is 18.3 Å². The fourth-order valence-electron chi connectivity index (χ4n) is 1.65. The van der Waals surface area contributed by atoms with Crippen LogP contribution >= 0.6 is 0 Å². The molecule has 0 aromatic heterocycles. The lowest BCUT2D eigenvalue weighted by Crippen LogP contribution is -1.86. The molecule has 0 heterocycles. The topological polar surface area (TPSA) is 17.1 Å². The van der Waals surface area contributed by atoms with Crippen molar-refractivity contribution >= 4 is 6.29 Å². The van der Waals surface area contributed by atoms with Crippen LogP contribution in [-0.4, -0.2) is 13.0 Å². The summed E-state index contributed by atoms with van der Waals surface area (Å²) in [5.41, 5.74) is 1.84. The highest BCUT2D eigenvalue weighted by atomic mass is 19.1. The molecule has 0 amide bonds. The summed E-state index contributed by atoms with van der Waals surface area (Å²) in [7, 11) is 0. The highest BCUT2D eigenvalue weighted by Crippen LogP contribution is 2.47.